The smallest absolute Gasteiger partial charge is 0.319 e. The van der Waals surface area contributed by atoms with E-state index >= 15 is 0 Å². The van der Waals surface area contributed by atoms with Crippen molar-refractivity contribution in [1.29, 1.82) is 0 Å². The number of anilines is 2. The van der Waals surface area contributed by atoms with Crippen LogP contribution in [0.1, 0.15) is 18.5 Å². The molecule has 0 saturated heterocycles. The van der Waals surface area contributed by atoms with E-state index in [9.17, 15) is 4.79 Å². The van der Waals surface area contributed by atoms with Gasteiger partial charge in [0.1, 0.15) is 0 Å². The van der Waals surface area contributed by atoms with Crippen LogP contribution in [0, 0.1) is 0 Å². The normalized spacial score (nSPS) is 11.7. The third kappa shape index (κ3) is 3.99. The Hall–Kier alpha value is -2.01. The zero-order valence-corrected chi connectivity index (χ0v) is 12.6. The second kappa shape index (κ2) is 6.43. The number of amides is 2. The monoisotopic (exact) mass is 333 g/mol. The van der Waals surface area contributed by atoms with Crippen molar-refractivity contribution in [1.82, 2.24) is 5.32 Å². The average molecular weight is 334 g/mol. The number of nitrogens with one attached hydrogen (secondary N) is 2. The van der Waals surface area contributed by atoms with E-state index in [1.54, 1.807) is 24.3 Å². The van der Waals surface area contributed by atoms with E-state index in [0.717, 1.165) is 10.0 Å². The van der Waals surface area contributed by atoms with E-state index in [0.29, 0.717) is 11.4 Å². The molecule has 1 atom stereocenters. The maximum absolute atomic E-state index is 11.9. The minimum Gasteiger partial charge on any atom is -0.399 e. The van der Waals surface area contributed by atoms with E-state index < -0.39 is 0 Å². The fourth-order valence-corrected chi connectivity index (χ4v) is 2.03. The third-order valence-corrected chi connectivity index (χ3v) is 3.41. The van der Waals surface area contributed by atoms with Crippen LogP contribution in [-0.2, 0) is 0 Å². The molecule has 0 aliphatic heterocycles. The van der Waals surface area contributed by atoms with Crippen LogP contribution in [0.5, 0.6) is 0 Å². The van der Waals surface area contributed by atoms with Gasteiger partial charge >= 0.3 is 6.03 Å². The molecule has 0 fully saturated rings. The molecular weight excluding hydrogens is 318 g/mol. The van der Waals surface area contributed by atoms with Crippen molar-refractivity contribution in [2.24, 2.45) is 0 Å². The number of urea groups is 1. The summed E-state index contributed by atoms with van der Waals surface area (Å²) in [4.78, 5) is 11.9. The largest absolute Gasteiger partial charge is 0.399 e. The van der Waals surface area contributed by atoms with Crippen molar-refractivity contribution in [3.63, 3.8) is 0 Å². The van der Waals surface area contributed by atoms with Crippen LogP contribution in [-0.4, -0.2) is 6.03 Å². The summed E-state index contributed by atoms with van der Waals surface area (Å²) in [6.45, 7) is 1.94. The summed E-state index contributed by atoms with van der Waals surface area (Å²) < 4.78 is 1.01. The predicted octanol–water partition coefficient (Wildman–Crippen LogP) is 3.91. The van der Waals surface area contributed by atoms with Gasteiger partial charge in [-0.3, -0.25) is 0 Å². The standard InChI is InChI=1S/C15H16BrN3O/c1-10(11-2-4-12(16)5-3-11)18-15(20)19-14-8-6-13(17)7-9-14/h2-10H,17H2,1H3,(H2,18,19,20). The molecule has 1 unspecified atom stereocenters. The molecule has 0 saturated carbocycles. The Morgan fingerprint density at radius 1 is 1.10 bits per heavy atom. The Morgan fingerprint density at radius 3 is 2.30 bits per heavy atom. The van der Waals surface area contributed by atoms with Gasteiger partial charge in [-0.15, -0.1) is 0 Å². The zero-order chi connectivity index (χ0) is 14.5. The lowest BCUT2D eigenvalue weighted by molar-refractivity contribution is 0.249. The van der Waals surface area contributed by atoms with Crippen LogP contribution >= 0.6 is 15.9 Å². The second-order valence-corrected chi connectivity index (χ2v) is 5.41. The van der Waals surface area contributed by atoms with Crippen LogP contribution in [0.2, 0.25) is 0 Å². The van der Waals surface area contributed by atoms with Crippen LogP contribution in [0.15, 0.2) is 53.0 Å². The van der Waals surface area contributed by atoms with E-state index in [2.05, 4.69) is 26.6 Å². The molecule has 5 heteroatoms. The fourth-order valence-electron chi connectivity index (χ4n) is 1.77. The van der Waals surface area contributed by atoms with Gasteiger partial charge in [0.25, 0.3) is 0 Å². The molecule has 0 spiro atoms. The van der Waals surface area contributed by atoms with E-state index in [1.807, 2.05) is 31.2 Å². The Kier molecular flexibility index (Phi) is 4.63. The van der Waals surface area contributed by atoms with Crippen molar-refractivity contribution >= 4 is 33.3 Å². The van der Waals surface area contributed by atoms with Gasteiger partial charge in [0.05, 0.1) is 6.04 Å². The number of nitrogens with two attached hydrogens (primary N) is 1. The molecule has 4 nitrogen and oxygen atoms in total. The second-order valence-electron chi connectivity index (χ2n) is 4.49. The van der Waals surface area contributed by atoms with E-state index in [4.69, 9.17) is 5.73 Å². The maximum atomic E-state index is 11.9. The van der Waals surface area contributed by atoms with Gasteiger partial charge in [-0.2, -0.15) is 0 Å². The van der Waals surface area contributed by atoms with Crippen LogP contribution < -0.4 is 16.4 Å². The minimum absolute atomic E-state index is 0.0723. The lowest BCUT2D eigenvalue weighted by Crippen LogP contribution is -2.31. The SMILES string of the molecule is CC(NC(=O)Nc1ccc(N)cc1)c1ccc(Br)cc1. The predicted molar refractivity (Wildman–Crippen MR) is 85.6 cm³/mol. The number of nitrogen functional groups attached to an aromatic ring is 1. The first-order valence-corrected chi connectivity index (χ1v) is 7.02. The van der Waals surface area contributed by atoms with E-state index in [-0.39, 0.29) is 12.1 Å². The molecule has 0 aliphatic rings. The zero-order valence-electron chi connectivity index (χ0n) is 11.1. The molecule has 0 bridgehead atoms. The Balaban J connectivity index is 1.93. The molecule has 4 N–H and O–H groups in total. The molecule has 0 heterocycles. The minimum atomic E-state index is -0.245. The molecule has 2 rings (SSSR count). The van der Waals surface area contributed by atoms with Gasteiger partial charge < -0.3 is 16.4 Å². The summed E-state index contributed by atoms with van der Waals surface area (Å²) in [6.07, 6.45) is 0. The van der Waals surface area contributed by atoms with Crippen molar-refractivity contribution in [2.45, 2.75) is 13.0 Å². The number of rotatable bonds is 3. The van der Waals surface area contributed by atoms with Crippen LogP contribution in [0.25, 0.3) is 0 Å². The Bertz CT molecular complexity index is 581. The van der Waals surface area contributed by atoms with Gasteiger partial charge in [0.15, 0.2) is 0 Å². The third-order valence-electron chi connectivity index (χ3n) is 2.89. The maximum Gasteiger partial charge on any atom is 0.319 e. The fraction of sp³-hybridized carbons (Fsp3) is 0.133. The van der Waals surface area contributed by atoms with Gasteiger partial charge in [0.2, 0.25) is 0 Å². The van der Waals surface area contributed by atoms with Gasteiger partial charge in [-0.25, -0.2) is 4.79 Å². The summed E-state index contributed by atoms with van der Waals surface area (Å²) >= 11 is 3.39. The molecule has 104 valence electrons. The number of halogens is 1. The average Bonchev–Trinajstić information content (AvgIpc) is 2.42. The van der Waals surface area contributed by atoms with Gasteiger partial charge in [0, 0.05) is 15.8 Å². The van der Waals surface area contributed by atoms with Crippen LogP contribution in [0.3, 0.4) is 0 Å². The first-order chi connectivity index (χ1) is 9.54. The van der Waals surface area contributed by atoms with Crippen LogP contribution in [0.4, 0.5) is 16.2 Å². The number of benzene rings is 2. The van der Waals surface area contributed by atoms with Crippen molar-refractivity contribution in [3.8, 4) is 0 Å². The molecule has 2 aromatic carbocycles. The lowest BCUT2D eigenvalue weighted by Gasteiger charge is -2.15. The molecule has 0 radical (unpaired) electrons. The highest BCUT2D eigenvalue weighted by Crippen LogP contribution is 2.17. The molecular formula is C15H16BrN3O. The summed E-state index contributed by atoms with van der Waals surface area (Å²) in [7, 11) is 0. The summed E-state index contributed by atoms with van der Waals surface area (Å²) in [5, 5.41) is 5.65. The van der Waals surface area contributed by atoms with Crippen molar-refractivity contribution in [3.05, 3.63) is 58.6 Å². The Morgan fingerprint density at radius 2 is 1.70 bits per heavy atom. The molecule has 2 amide bonds. The lowest BCUT2D eigenvalue weighted by atomic mass is 10.1. The topological polar surface area (TPSA) is 67.2 Å². The first kappa shape index (κ1) is 14.4. The highest BCUT2D eigenvalue weighted by atomic mass is 79.9. The highest BCUT2D eigenvalue weighted by Gasteiger charge is 2.09. The Labute approximate surface area is 126 Å². The molecule has 0 aromatic heterocycles. The number of hydrogen-bond donors (Lipinski definition) is 3. The van der Waals surface area contributed by atoms with Gasteiger partial charge in [-0.05, 0) is 48.9 Å². The van der Waals surface area contributed by atoms with E-state index in [1.165, 1.54) is 0 Å². The first-order valence-electron chi connectivity index (χ1n) is 6.23. The quantitative estimate of drug-likeness (QED) is 0.745. The summed E-state index contributed by atoms with van der Waals surface area (Å²) in [6, 6.07) is 14.5. The number of carbonyl (C=O) groups is 1. The number of carbonyl (C=O) groups excluding carboxylic acids is 1. The van der Waals surface area contributed by atoms with Gasteiger partial charge in [-0.1, -0.05) is 28.1 Å². The van der Waals surface area contributed by atoms with Crippen molar-refractivity contribution in [2.75, 3.05) is 11.1 Å². The molecule has 2 aromatic rings. The summed E-state index contributed by atoms with van der Waals surface area (Å²) in [5.74, 6) is 0. The number of hydrogen-bond acceptors (Lipinski definition) is 2. The molecule has 20 heavy (non-hydrogen) atoms. The summed E-state index contributed by atoms with van der Waals surface area (Å²) in [5.41, 5.74) is 8.01. The molecule has 0 aliphatic carbocycles. The highest BCUT2D eigenvalue weighted by molar-refractivity contribution is 9.10. The van der Waals surface area contributed by atoms with Crippen molar-refractivity contribution < 1.29 is 4.79 Å².